The predicted molar refractivity (Wildman–Crippen MR) is 66.2 cm³/mol. The number of carbonyl (C=O) groups excluding carboxylic acids is 1. The van der Waals surface area contributed by atoms with Gasteiger partial charge in [-0.2, -0.15) is 0 Å². The summed E-state index contributed by atoms with van der Waals surface area (Å²) in [6.07, 6.45) is 4.08. The summed E-state index contributed by atoms with van der Waals surface area (Å²) in [6.45, 7) is 1.14. The van der Waals surface area contributed by atoms with Crippen molar-refractivity contribution in [2.24, 2.45) is 12.8 Å². The van der Waals surface area contributed by atoms with Crippen LogP contribution in [0.2, 0.25) is 0 Å². The Morgan fingerprint density at radius 2 is 2.41 bits per heavy atom. The van der Waals surface area contributed by atoms with Crippen LogP contribution >= 0.6 is 0 Å². The highest BCUT2D eigenvalue weighted by atomic mass is 16.1. The Balaban J connectivity index is 2.57. The lowest BCUT2D eigenvalue weighted by molar-refractivity contribution is -0.121. The smallest absolute Gasteiger partial charge is 0.221 e. The number of hydrogen-bond acceptors (Lipinski definition) is 4. The van der Waals surface area contributed by atoms with Crippen LogP contribution in [-0.2, 0) is 18.4 Å². The van der Waals surface area contributed by atoms with Gasteiger partial charge in [-0.15, -0.1) is 0 Å². The van der Waals surface area contributed by atoms with Gasteiger partial charge in [-0.3, -0.25) is 9.69 Å². The van der Waals surface area contributed by atoms with Gasteiger partial charge in [0.15, 0.2) is 0 Å². The number of nitrogens with two attached hydrogens (primary N) is 1. The highest BCUT2D eigenvalue weighted by molar-refractivity contribution is 5.76. The summed E-state index contributed by atoms with van der Waals surface area (Å²) in [5, 5.41) is 2.61. The highest BCUT2D eigenvalue weighted by Crippen LogP contribution is 2.06. The van der Waals surface area contributed by atoms with E-state index in [9.17, 15) is 4.79 Å². The average molecular weight is 239 g/mol. The Kier molecular flexibility index (Phi) is 5.11. The third-order valence-electron chi connectivity index (χ3n) is 2.91. The van der Waals surface area contributed by atoms with Crippen LogP contribution in [0, 0.1) is 0 Å². The standard InChI is InChI=1S/C11H21N5O/c1-13-11(17)6-9(7-12)16(3)8-10-14-4-5-15(10)2/h4-5,9H,6-8,12H2,1-3H3,(H,13,17). The van der Waals surface area contributed by atoms with Gasteiger partial charge in [0.05, 0.1) is 6.54 Å². The van der Waals surface area contributed by atoms with E-state index in [1.165, 1.54) is 0 Å². The van der Waals surface area contributed by atoms with Crippen molar-refractivity contribution >= 4 is 5.91 Å². The molecule has 1 unspecified atom stereocenters. The molecule has 1 aromatic heterocycles. The molecule has 0 spiro atoms. The number of nitrogens with one attached hydrogen (secondary N) is 1. The second-order valence-corrected chi connectivity index (χ2v) is 4.14. The zero-order valence-corrected chi connectivity index (χ0v) is 10.7. The van der Waals surface area contributed by atoms with Crippen molar-refractivity contribution < 1.29 is 4.79 Å². The van der Waals surface area contributed by atoms with E-state index in [0.29, 0.717) is 19.5 Å². The minimum atomic E-state index is 0.00661. The maximum absolute atomic E-state index is 11.3. The molecule has 1 amide bonds. The Bertz CT molecular complexity index is 362. The molecule has 1 heterocycles. The highest BCUT2D eigenvalue weighted by Gasteiger charge is 2.17. The summed E-state index contributed by atoms with van der Waals surface area (Å²) in [5.41, 5.74) is 5.69. The van der Waals surface area contributed by atoms with E-state index in [1.54, 1.807) is 13.2 Å². The first-order chi connectivity index (χ1) is 8.08. The van der Waals surface area contributed by atoms with Gasteiger partial charge >= 0.3 is 0 Å². The van der Waals surface area contributed by atoms with Crippen molar-refractivity contribution in [1.29, 1.82) is 0 Å². The van der Waals surface area contributed by atoms with Crippen molar-refractivity contribution in [3.63, 3.8) is 0 Å². The number of hydrogen-bond donors (Lipinski definition) is 2. The van der Waals surface area contributed by atoms with E-state index in [-0.39, 0.29) is 11.9 Å². The van der Waals surface area contributed by atoms with Crippen LogP contribution in [0.25, 0.3) is 0 Å². The van der Waals surface area contributed by atoms with E-state index >= 15 is 0 Å². The molecule has 1 atom stereocenters. The minimum absolute atomic E-state index is 0.00661. The number of aromatic nitrogens is 2. The first-order valence-corrected chi connectivity index (χ1v) is 5.65. The van der Waals surface area contributed by atoms with Crippen molar-refractivity contribution in [2.75, 3.05) is 20.6 Å². The number of aryl methyl sites for hydroxylation is 1. The van der Waals surface area contributed by atoms with Crippen LogP contribution in [0.5, 0.6) is 0 Å². The number of carbonyl (C=O) groups is 1. The van der Waals surface area contributed by atoms with Crippen molar-refractivity contribution in [3.05, 3.63) is 18.2 Å². The molecule has 0 saturated heterocycles. The molecule has 96 valence electrons. The van der Waals surface area contributed by atoms with Gasteiger partial charge < -0.3 is 15.6 Å². The van der Waals surface area contributed by atoms with Crippen molar-refractivity contribution in [1.82, 2.24) is 19.8 Å². The summed E-state index contributed by atoms with van der Waals surface area (Å²) in [6, 6.07) is 0.0339. The first-order valence-electron chi connectivity index (χ1n) is 5.65. The maximum Gasteiger partial charge on any atom is 0.221 e. The SMILES string of the molecule is CNC(=O)CC(CN)N(C)Cc1nccn1C. The lowest BCUT2D eigenvalue weighted by Crippen LogP contribution is -2.41. The van der Waals surface area contributed by atoms with Crippen LogP contribution in [0.1, 0.15) is 12.2 Å². The molecular weight excluding hydrogens is 218 g/mol. The van der Waals surface area contributed by atoms with Gasteiger partial charge in [0.25, 0.3) is 0 Å². The van der Waals surface area contributed by atoms with Crippen molar-refractivity contribution in [2.45, 2.75) is 19.0 Å². The number of rotatable bonds is 6. The van der Waals surface area contributed by atoms with E-state index in [0.717, 1.165) is 5.82 Å². The summed E-state index contributed by atoms with van der Waals surface area (Å²) < 4.78 is 1.96. The van der Waals surface area contributed by atoms with Gasteiger partial charge in [0.2, 0.25) is 5.91 Å². The fourth-order valence-electron chi connectivity index (χ4n) is 1.64. The number of imidazole rings is 1. The van der Waals surface area contributed by atoms with Crippen LogP contribution in [0.4, 0.5) is 0 Å². The zero-order chi connectivity index (χ0) is 12.8. The predicted octanol–water partition coefficient (Wildman–Crippen LogP) is -0.685. The van der Waals surface area contributed by atoms with Gasteiger partial charge in [0, 0.05) is 45.5 Å². The molecule has 1 rings (SSSR count). The Morgan fingerprint density at radius 3 is 2.88 bits per heavy atom. The summed E-state index contributed by atoms with van der Waals surface area (Å²) in [4.78, 5) is 17.6. The Labute approximate surface area is 102 Å². The maximum atomic E-state index is 11.3. The molecule has 0 fully saturated rings. The topological polar surface area (TPSA) is 76.2 Å². The normalized spacial score (nSPS) is 12.8. The second-order valence-electron chi connectivity index (χ2n) is 4.14. The van der Waals surface area contributed by atoms with Crippen LogP contribution in [-0.4, -0.2) is 47.0 Å². The molecular formula is C11H21N5O. The fraction of sp³-hybridized carbons (Fsp3) is 0.636. The lowest BCUT2D eigenvalue weighted by atomic mass is 10.1. The molecule has 0 radical (unpaired) electrons. The van der Waals surface area contributed by atoms with E-state index in [2.05, 4.69) is 15.2 Å². The molecule has 0 aliphatic carbocycles. The Morgan fingerprint density at radius 1 is 1.71 bits per heavy atom. The minimum Gasteiger partial charge on any atom is -0.359 e. The monoisotopic (exact) mass is 239 g/mol. The molecule has 6 nitrogen and oxygen atoms in total. The molecule has 0 saturated carbocycles. The lowest BCUT2D eigenvalue weighted by Gasteiger charge is -2.25. The molecule has 0 aliphatic heterocycles. The number of amides is 1. The molecule has 0 aromatic carbocycles. The Hall–Kier alpha value is -1.40. The number of nitrogens with zero attached hydrogens (tertiary/aromatic N) is 3. The van der Waals surface area contributed by atoms with E-state index in [1.807, 2.05) is 24.9 Å². The second kappa shape index (κ2) is 6.36. The van der Waals surface area contributed by atoms with Gasteiger partial charge in [0.1, 0.15) is 5.82 Å². The fourth-order valence-corrected chi connectivity index (χ4v) is 1.64. The van der Waals surface area contributed by atoms with Gasteiger partial charge in [-0.1, -0.05) is 0 Å². The molecule has 3 N–H and O–H groups in total. The molecule has 17 heavy (non-hydrogen) atoms. The largest absolute Gasteiger partial charge is 0.359 e. The third-order valence-corrected chi connectivity index (χ3v) is 2.91. The quantitative estimate of drug-likeness (QED) is 0.689. The number of likely N-dealkylation sites (N-methyl/N-ethyl adjacent to an activating group) is 1. The average Bonchev–Trinajstić information content (AvgIpc) is 2.71. The molecule has 1 aromatic rings. The van der Waals surface area contributed by atoms with Gasteiger partial charge in [-0.25, -0.2) is 4.98 Å². The molecule has 0 bridgehead atoms. The summed E-state index contributed by atoms with van der Waals surface area (Å²) in [5.74, 6) is 0.968. The molecule has 6 heteroatoms. The zero-order valence-electron chi connectivity index (χ0n) is 10.7. The van der Waals surface area contributed by atoms with E-state index in [4.69, 9.17) is 5.73 Å². The summed E-state index contributed by atoms with van der Waals surface area (Å²) >= 11 is 0. The van der Waals surface area contributed by atoms with Crippen LogP contribution in [0.15, 0.2) is 12.4 Å². The van der Waals surface area contributed by atoms with E-state index < -0.39 is 0 Å². The van der Waals surface area contributed by atoms with Crippen LogP contribution < -0.4 is 11.1 Å². The van der Waals surface area contributed by atoms with Gasteiger partial charge in [-0.05, 0) is 7.05 Å². The molecule has 0 aliphatic rings. The third kappa shape index (κ3) is 3.83. The first kappa shape index (κ1) is 13.7. The van der Waals surface area contributed by atoms with Crippen LogP contribution in [0.3, 0.4) is 0 Å². The van der Waals surface area contributed by atoms with Crippen molar-refractivity contribution in [3.8, 4) is 0 Å². The summed E-state index contributed by atoms with van der Waals surface area (Å²) in [7, 11) is 5.54.